The molecule has 0 amide bonds. The molecule has 0 spiro atoms. The van der Waals surface area contributed by atoms with Crippen molar-refractivity contribution in [1.29, 1.82) is 0 Å². The van der Waals surface area contributed by atoms with E-state index in [2.05, 4.69) is 28.6 Å². The molecule has 3 rings (SSSR count). The molecule has 4 heteroatoms. The second-order valence-corrected chi connectivity index (χ2v) is 4.59. The molecule has 0 bridgehead atoms. The zero-order valence-electron chi connectivity index (χ0n) is 10.7. The summed E-state index contributed by atoms with van der Waals surface area (Å²) in [6.45, 7) is 1.05. The van der Waals surface area contributed by atoms with Crippen LogP contribution in [0.4, 0.5) is 5.69 Å². The van der Waals surface area contributed by atoms with Crippen molar-refractivity contribution in [3.8, 4) is 17.0 Å². The molecule has 2 aromatic rings. The molecule has 4 nitrogen and oxygen atoms in total. The van der Waals surface area contributed by atoms with E-state index >= 15 is 0 Å². The fourth-order valence-electron chi connectivity index (χ4n) is 2.50. The molecule has 0 saturated carbocycles. The van der Waals surface area contributed by atoms with Crippen molar-refractivity contribution in [2.45, 2.75) is 12.8 Å². The van der Waals surface area contributed by atoms with Crippen LogP contribution in [0.25, 0.3) is 11.3 Å². The predicted octanol–water partition coefficient (Wildman–Crippen LogP) is 2.45. The summed E-state index contributed by atoms with van der Waals surface area (Å²) in [5, 5.41) is 7.70. The lowest BCUT2D eigenvalue weighted by atomic mass is 10.00. The first-order valence-electron chi connectivity index (χ1n) is 6.23. The number of nitrogens with zero attached hydrogens (tertiary/aromatic N) is 2. The molecule has 1 aromatic heterocycles. The Morgan fingerprint density at radius 1 is 1.39 bits per heavy atom. The fraction of sp³-hybridized carbons (Fsp3) is 0.357. The average molecular weight is 243 g/mol. The zero-order chi connectivity index (χ0) is 12.5. The Labute approximate surface area is 107 Å². The van der Waals surface area contributed by atoms with Gasteiger partial charge in [-0.2, -0.15) is 5.10 Å². The quantitative estimate of drug-likeness (QED) is 0.880. The molecule has 2 heterocycles. The number of benzene rings is 1. The zero-order valence-corrected chi connectivity index (χ0v) is 10.7. The second kappa shape index (κ2) is 4.37. The van der Waals surface area contributed by atoms with Crippen molar-refractivity contribution in [3.05, 3.63) is 30.0 Å². The highest BCUT2D eigenvalue weighted by molar-refractivity contribution is 5.72. The van der Waals surface area contributed by atoms with Crippen molar-refractivity contribution in [2.24, 2.45) is 7.05 Å². The molecule has 18 heavy (non-hydrogen) atoms. The van der Waals surface area contributed by atoms with Crippen molar-refractivity contribution in [3.63, 3.8) is 0 Å². The number of aryl methyl sites for hydroxylation is 2. The second-order valence-electron chi connectivity index (χ2n) is 4.59. The average Bonchev–Trinajstić information content (AvgIpc) is 2.79. The SMILES string of the molecule is COc1cnn(C)c1-c1ccc2c(c1)NCCC2. The summed E-state index contributed by atoms with van der Waals surface area (Å²) in [7, 11) is 3.61. The van der Waals surface area contributed by atoms with Crippen LogP contribution < -0.4 is 10.1 Å². The van der Waals surface area contributed by atoms with Crippen LogP contribution in [0.5, 0.6) is 5.75 Å². The lowest BCUT2D eigenvalue weighted by Crippen LogP contribution is -2.11. The first kappa shape index (κ1) is 11.1. The lowest BCUT2D eigenvalue weighted by molar-refractivity contribution is 0.416. The minimum Gasteiger partial charge on any atom is -0.493 e. The number of hydrogen-bond donors (Lipinski definition) is 1. The summed E-state index contributed by atoms with van der Waals surface area (Å²) < 4.78 is 7.21. The number of fused-ring (bicyclic) bond motifs is 1. The maximum atomic E-state index is 5.36. The molecule has 0 radical (unpaired) electrons. The summed E-state index contributed by atoms with van der Waals surface area (Å²) in [5.41, 5.74) is 4.79. The molecule has 0 atom stereocenters. The maximum Gasteiger partial charge on any atom is 0.164 e. The normalized spacial score (nSPS) is 13.9. The molecule has 0 unspecified atom stereocenters. The van der Waals surface area contributed by atoms with Crippen LogP contribution in [0.2, 0.25) is 0 Å². The van der Waals surface area contributed by atoms with Gasteiger partial charge in [-0.05, 0) is 24.5 Å². The van der Waals surface area contributed by atoms with Crippen LogP contribution >= 0.6 is 0 Å². The summed E-state index contributed by atoms with van der Waals surface area (Å²) in [6, 6.07) is 6.53. The van der Waals surface area contributed by atoms with Gasteiger partial charge >= 0.3 is 0 Å². The summed E-state index contributed by atoms with van der Waals surface area (Å²) in [4.78, 5) is 0. The Morgan fingerprint density at radius 3 is 3.11 bits per heavy atom. The number of methoxy groups -OCH3 is 1. The number of anilines is 1. The predicted molar refractivity (Wildman–Crippen MR) is 72.0 cm³/mol. The van der Waals surface area contributed by atoms with Crippen LogP contribution in [0.1, 0.15) is 12.0 Å². The summed E-state index contributed by atoms with van der Waals surface area (Å²) in [6.07, 6.45) is 4.12. The first-order chi connectivity index (χ1) is 8.79. The Balaban J connectivity index is 2.09. The maximum absolute atomic E-state index is 5.36. The van der Waals surface area contributed by atoms with E-state index in [4.69, 9.17) is 4.74 Å². The molecular formula is C14H17N3O. The highest BCUT2D eigenvalue weighted by Gasteiger charge is 2.14. The van der Waals surface area contributed by atoms with Crippen molar-refractivity contribution in [2.75, 3.05) is 19.0 Å². The van der Waals surface area contributed by atoms with Crippen LogP contribution in [0.3, 0.4) is 0 Å². The van der Waals surface area contributed by atoms with E-state index < -0.39 is 0 Å². The van der Waals surface area contributed by atoms with Crippen LogP contribution in [0.15, 0.2) is 24.4 Å². The number of hydrogen-bond acceptors (Lipinski definition) is 3. The van der Waals surface area contributed by atoms with E-state index in [9.17, 15) is 0 Å². The van der Waals surface area contributed by atoms with E-state index in [1.165, 1.54) is 17.7 Å². The van der Waals surface area contributed by atoms with Gasteiger partial charge in [-0.25, -0.2) is 0 Å². The molecule has 0 saturated heterocycles. The van der Waals surface area contributed by atoms with Gasteiger partial charge in [-0.3, -0.25) is 4.68 Å². The third-order valence-corrected chi connectivity index (χ3v) is 3.45. The smallest absolute Gasteiger partial charge is 0.164 e. The van der Waals surface area contributed by atoms with Crippen LogP contribution in [0, 0.1) is 0 Å². The summed E-state index contributed by atoms with van der Waals surface area (Å²) >= 11 is 0. The summed E-state index contributed by atoms with van der Waals surface area (Å²) in [5.74, 6) is 0.813. The van der Waals surface area contributed by atoms with Gasteiger partial charge in [0.1, 0.15) is 5.69 Å². The minimum atomic E-state index is 0.813. The van der Waals surface area contributed by atoms with Gasteiger partial charge in [0.05, 0.1) is 13.3 Å². The van der Waals surface area contributed by atoms with Crippen molar-refractivity contribution in [1.82, 2.24) is 9.78 Å². The molecule has 0 aliphatic carbocycles. The first-order valence-corrected chi connectivity index (χ1v) is 6.23. The highest BCUT2D eigenvalue weighted by atomic mass is 16.5. The molecule has 1 aromatic carbocycles. The monoisotopic (exact) mass is 243 g/mol. The standard InChI is InChI=1S/C14H17N3O/c1-17-14(13(18-2)9-16-17)11-6-5-10-4-3-7-15-12(10)8-11/h5-6,8-9,15H,3-4,7H2,1-2H3. The molecule has 0 fully saturated rings. The Kier molecular flexibility index (Phi) is 2.70. The van der Waals surface area contributed by atoms with Gasteiger partial charge in [0, 0.05) is 24.8 Å². The van der Waals surface area contributed by atoms with Gasteiger partial charge in [0.25, 0.3) is 0 Å². The molecular weight excluding hydrogens is 226 g/mol. The number of nitrogens with one attached hydrogen (secondary N) is 1. The van der Waals surface area contributed by atoms with E-state index in [0.717, 1.165) is 30.0 Å². The molecule has 1 aliphatic heterocycles. The van der Waals surface area contributed by atoms with Crippen LogP contribution in [-0.2, 0) is 13.5 Å². The van der Waals surface area contributed by atoms with Crippen molar-refractivity contribution < 1.29 is 4.74 Å². The third kappa shape index (κ3) is 1.74. The Hall–Kier alpha value is -1.97. The highest BCUT2D eigenvalue weighted by Crippen LogP contribution is 2.33. The molecule has 1 aliphatic rings. The van der Waals surface area contributed by atoms with E-state index in [-0.39, 0.29) is 0 Å². The minimum absolute atomic E-state index is 0.813. The number of aromatic nitrogens is 2. The van der Waals surface area contributed by atoms with Gasteiger partial charge in [0.2, 0.25) is 0 Å². The van der Waals surface area contributed by atoms with Crippen LogP contribution in [-0.4, -0.2) is 23.4 Å². The van der Waals surface area contributed by atoms with E-state index in [1.54, 1.807) is 13.3 Å². The van der Waals surface area contributed by atoms with E-state index in [0.29, 0.717) is 0 Å². The lowest BCUT2D eigenvalue weighted by Gasteiger charge is -2.19. The Morgan fingerprint density at radius 2 is 2.28 bits per heavy atom. The van der Waals surface area contributed by atoms with Crippen molar-refractivity contribution >= 4 is 5.69 Å². The van der Waals surface area contributed by atoms with Gasteiger partial charge in [-0.15, -0.1) is 0 Å². The third-order valence-electron chi connectivity index (χ3n) is 3.45. The number of ether oxygens (including phenoxy) is 1. The van der Waals surface area contributed by atoms with Gasteiger partial charge in [0.15, 0.2) is 5.75 Å². The van der Waals surface area contributed by atoms with E-state index in [1.807, 2.05) is 11.7 Å². The molecule has 94 valence electrons. The van der Waals surface area contributed by atoms with Gasteiger partial charge in [-0.1, -0.05) is 12.1 Å². The fourth-order valence-corrected chi connectivity index (χ4v) is 2.50. The Bertz CT molecular complexity index is 574. The largest absolute Gasteiger partial charge is 0.493 e. The molecule has 1 N–H and O–H groups in total. The van der Waals surface area contributed by atoms with Gasteiger partial charge < -0.3 is 10.1 Å². The number of rotatable bonds is 2. The topological polar surface area (TPSA) is 39.1 Å².